The van der Waals surface area contributed by atoms with E-state index in [9.17, 15) is 4.79 Å². The highest BCUT2D eigenvalue weighted by Gasteiger charge is 2.17. The van der Waals surface area contributed by atoms with Crippen LogP contribution in [0.2, 0.25) is 0 Å². The largest absolute Gasteiger partial charge is 0.380 e. The van der Waals surface area contributed by atoms with E-state index >= 15 is 0 Å². The van der Waals surface area contributed by atoms with Gasteiger partial charge in [0.15, 0.2) is 0 Å². The van der Waals surface area contributed by atoms with Gasteiger partial charge in [-0.3, -0.25) is 4.79 Å². The summed E-state index contributed by atoms with van der Waals surface area (Å²) in [6.07, 6.45) is 0. The monoisotopic (exact) mass is 244 g/mol. The number of nitrogens with zero attached hydrogens (tertiary/aromatic N) is 1. The van der Waals surface area contributed by atoms with Gasteiger partial charge >= 0.3 is 0 Å². The summed E-state index contributed by atoms with van der Waals surface area (Å²) >= 11 is 0. The molecule has 0 saturated heterocycles. The molecule has 0 aliphatic carbocycles. The van der Waals surface area contributed by atoms with E-state index in [-0.39, 0.29) is 18.0 Å². The van der Waals surface area contributed by atoms with E-state index in [2.05, 4.69) is 19.2 Å². The van der Waals surface area contributed by atoms with Crippen LogP contribution in [-0.2, 0) is 9.53 Å². The van der Waals surface area contributed by atoms with E-state index in [1.54, 1.807) is 4.90 Å². The van der Waals surface area contributed by atoms with E-state index in [1.807, 2.05) is 27.8 Å². The molecule has 0 heterocycles. The Morgan fingerprint density at radius 2 is 1.88 bits per heavy atom. The van der Waals surface area contributed by atoms with E-state index in [0.717, 1.165) is 0 Å². The first-order valence-corrected chi connectivity index (χ1v) is 6.46. The summed E-state index contributed by atoms with van der Waals surface area (Å²) in [6, 6.07) is 0.480. The Morgan fingerprint density at radius 1 is 1.29 bits per heavy atom. The highest BCUT2D eigenvalue weighted by atomic mass is 16.5. The van der Waals surface area contributed by atoms with Crippen LogP contribution in [0.1, 0.15) is 34.6 Å². The van der Waals surface area contributed by atoms with Gasteiger partial charge in [0, 0.05) is 25.7 Å². The number of carbonyl (C=O) groups is 1. The van der Waals surface area contributed by atoms with Crippen LogP contribution in [0.4, 0.5) is 0 Å². The van der Waals surface area contributed by atoms with Crippen molar-refractivity contribution >= 4 is 5.91 Å². The van der Waals surface area contributed by atoms with Gasteiger partial charge < -0.3 is 15.0 Å². The third-order valence-electron chi connectivity index (χ3n) is 2.99. The summed E-state index contributed by atoms with van der Waals surface area (Å²) in [4.78, 5) is 13.6. The Bertz CT molecular complexity index is 217. The number of hydrogen-bond acceptors (Lipinski definition) is 3. The third-order valence-corrected chi connectivity index (χ3v) is 2.99. The van der Waals surface area contributed by atoms with Crippen LogP contribution in [0.25, 0.3) is 0 Å². The molecule has 0 aromatic heterocycles. The minimum absolute atomic E-state index is 0.127. The molecule has 1 unspecified atom stereocenters. The standard InChI is InChI=1S/C13H28N2O2/c1-7-17-9-12(10(2)3)14-8-13(16)15(6)11(4)5/h10-12,14H,7-9H2,1-6H3. The van der Waals surface area contributed by atoms with E-state index in [1.165, 1.54) is 0 Å². The lowest BCUT2D eigenvalue weighted by molar-refractivity contribution is -0.130. The molecule has 4 nitrogen and oxygen atoms in total. The number of carbonyl (C=O) groups excluding carboxylic acids is 1. The number of hydrogen-bond donors (Lipinski definition) is 1. The van der Waals surface area contributed by atoms with Crippen LogP contribution < -0.4 is 5.32 Å². The second-order valence-corrected chi connectivity index (χ2v) is 4.99. The number of rotatable bonds is 8. The molecule has 0 aromatic rings. The molecule has 0 spiro atoms. The zero-order chi connectivity index (χ0) is 13.4. The van der Waals surface area contributed by atoms with Crippen LogP contribution >= 0.6 is 0 Å². The van der Waals surface area contributed by atoms with Gasteiger partial charge in [-0.2, -0.15) is 0 Å². The second-order valence-electron chi connectivity index (χ2n) is 4.99. The number of likely N-dealkylation sites (N-methyl/N-ethyl adjacent to an activating group) is 1. The van der Waals surface area contributed by atoms with Crippen LogP contribution in [-0.4, -0.2) is 49.7 Å². The molecule has 1 atom stereocenters. The van der Waals surface area contributed by atoms with E-state index in [0.29, 0.717) is 25.7 Å². The Labute approximate surface area is 106 Å². The Morgan fingerprint density at radius 3 is 2.29 bits per heavy atom. The molecular weight excluding hydrogens is 216 g/mol. The van der Waals surface area contributed by atoms with E-state index in [4.69, 9.17) is 4.74 Å². The maximum absolute atomic E-state index is 11.8. The average Bonchev–Trinajstić information content (AvgIpc) is 2.27. The molecule has 0 aliphatic heterocycles. The van der Waals surface area contributed by atoms with Crippen LogP contribution in [0.3, 0.4) is 0 Å². The summed E-state index contributed by atoms with van der Waals surface area (Å²) in [5.74, 6) is 0.584. The van der Waals surface area contributed by atoms with Gasteiger partial charge in [0.1, 0.15) is 0 Å². The predicted octanol–water partition coefficient (Wildman–Crippen LogP) is 1.50. The van der Waals surface area contributed by atoms with Crippen molar-refractivity contribution in [1.82, 2.24) is 10.2 Å². The first-order chi connectivity index (χ1) is 7.90. The van der Waals surface area contributed by atoms with Crippen molar-refractivity contribution < 1.29 is 9.53 Å². The lowest BCUT2D eigenvalue weighted by atomic mass is 10.1. The molecule has 0 rings (SSSR count). The van der Waals surface area contributed by atoms with Crippen molar-refractivity contribution in [3.63, 3.8) is 0 Å². The lowest BCUT2D eigenvalue weighted by Gasteiger charge is -2.25. The van der Waals surface area contributed by atoms with E-state index < -0.39 is 0 Å². The van der Waals surface area contributed by atoms with Crippen molar-refractivity contribution in [1.29, 1.82) is 0 Å². The van der Waals surface area contributed by atoms with Crippen LogP contribution in [0.5, 0.6) is 0 Å². The molecule has 4 heteroatoms. The smallest absolute Gasteiger partial charge is 0.236 e. The molecule has 0 aromatic carbocycles. The zero-order valence-corrected chi connectivity index (χ0v) is 12.1. The Balaban J connectivity index is 4.07. The molecular formula is C13H28N2O2. The molecule has 1 N–H and O–H groups in total. The summed E-state index contributed by atoms with van der Waals surface area (Å²) in [6.45, 7) is 12.0. The Kier molecular flexibility index (Phi) is 8.17. The first-order valence-electron chi connectivity index (χ1n) is 6.46. The number of nitrogens with one attached hydrogen (secondary N) is 1. The zero-order valence-electron chi connectivity index (χ0n) is 12.1. The normalized spacial score (nSPS) is 13.2. The predicted molar refractivity (Wildman–Crippen MR) is 71.0 cm³/mol. The average molecular weight is 244 g/mol. The summed E-state index contributed by atoms with van der Waals surface area (Å²) in [7, 11) is 1.83. The van der Waals surface area contributed by atoms with Gasteiger partial charge in [0.25, 0.3) is 0 Å². The number of ether oxygens (including phenoxy) is 1. The summed E-state index contributed by atoms with van der Waals surface area (Å²) < 4.78 is 5.41. The fourth-order valence-corrected chi connectivity index (χ4v) is 1.36. The summed E-state index contributed by atoms with van der Waals surface area (Å²) in [5, 5.41) is 3.27. The SMILES string of the molecule is CCOCC(NCC(=O)N(C)C(C)C)C(C)C. The minimum atomic E-state index is 0.127. The lowest BCUT2D eigenvalue weighted by Crippen LogP contribution is -2.45. The van der Waals surface area contributed by atoms with Crippen molar-refractivity contribution in [2.24, 2.45) is 5.92 Å². The van der Waals surface area contributed by atoms with Gasteiger partial charge in [-0.25, -0.2) is 0 Å². The maximum Gasteiger partial charge on any atom is 0.236 e. The fraction of sp³-hybridized carbons (Fsp3) is 0.923. The van der Waals surface area contributed by atoms with Crippen molar-refractivity contribution in [2.75, 3.05) is 26.8 Å². The van der Waals surface area contributed by atoms with Crippen molar-refractivity contribution in [3.05, 3.63) is 0 Å². The van der Waals surface area contributed by atoms with Gasteiger partial charge in [-0.15, -0.1) is 0 Å². The third kappa shape index (κ3) is 6.64. The Hall–Kier alpha value is -0.610. The first kappa shape index (κ1) is 16.4. The van der Waals surface area contributed by atoms with Gasteiger partial charge in [-0.1, -0.05) is 13.8 Å². The second kappa shape index (κ2) is 8.48. The molecule has 0 radical (unpaired) electrons. The number of amides is 1. The minimum Gasteiger partial charge on any atom is -0.380 e. The summed E-state index contributed by atoms with van der Waals surface area (Å²) in [5.41, 5.74) is 0. The molecule has 0 saturated carbocycles. The van der Waals surface area contributed by atoms with Crippen molar-refractivity contribution in [3.8, 4) is 0 Å². The molecule has 1 amide bonds. The van der Waals surface area contributed by atoms with Crippen LogP contribution in [0.15, 0.2) is 0 Å². The van der Waals surface area contributed by atoms with Gasteiger partial charge in [0.05, 0.1) is 13.2 Å². The topological polar surface area (TPSA) is 41.6 Å². The van der Waals surface area contributed by atoms with Gasteiger partial charge in [-0.05, 0) is 26.7 Å². The molecule has 0 aliphatic rings. The molecule has 17 heavy (non-hydrogen) atoms. The van der Waals surface area contributed by atoms with Gasteiger partial charge in [0.2, 0.25) is 5.91 Å². The molecule has 0 fully saturated rings. The highest BCUT2D eigenvalue weighted by molar-refractivity contribution is 5.78. The maximum atomic E-state index is 11.8. The molecule has 0 bridgehead atoms. The fourth-order valence-electron chi connectivity index (χ4n) is 1.36. The van der Waals surface area contributed by atoms with Crippen molar-refractivity contribution in [2.45, 2.75) is 46.7 Å². The molecule has 102 valence electrons. The highest BCUT2D eigenvalue weighted by Crippen LogP contribution is 2.02. The van der Waals surface area contributed by atoms with Crippen LogP contribution in [0, 0.1) is 5.92 Å². The quantitative estimate of drug-likeness (QED) is 0.703.